The van der Waals surface area contributed by atoms with Crippen LogP contribution in [0.15, 0.2) is 5.38 Å². The summed E-state index contributed by atoms with van der Waals surface area (Å²) in [6.07, 6.45) is 2.33. The average Bonchev–Trinajstić information content (AvgIpc) is 2.62. The monoisotopic (exact) mass is 212 g/mol. The Labute approximate surface area is 88.8 Å². The summed E-state index contributed by atoms with van der Waals surface area (Å²) in [5.41, 5.74) is 0. The molecular formula is C11H16O2S. The maximum atomic E-state index is 5.63. The maximum absolute atomic E-state index is 5.63. The molecule has 1 unspecified atom stereocenters. The van der Waals surface area contributed by atoms with E-state index in [-0.39, 0.29) is 0 Å². The molecule has 14 heavy (non-hydrogen) atoms. The minimum Gasteiger partial charge on any atom is -0.485 e. The lowest BCUT2D eigenvalue weighted by Crippen LogP contribution is -2.15. The predicted molar refractivity (Wildman–Crippen MR) is 58.5 cm³/mol. The summed E-state index contributed by atoms with van der Waals surface area (Å²) in [4.78, 5) is 1.34. The molecule has 2 nitrogen and oxygen atoms in total. The fraction of sp³-hybridized carbons (Fsp3) is 0.636. The molecule has 0 amide bonds. The summed E-state index contributed by atoms with van der Waals surface area (Å²) in [5, 5.41) is 2.06. The molecule has 0 aromatic carbocycles. The molecule has 0 radical (unpaired) electrons. The lowest BCUT2D eigenvalue weighted by molar-refractivity contribution is 0.171. The zero-order chi connectivity index (χ0) is 9.97. The number of rotatable bonds is 3. The van der Waals surface area contributed by atoms with E-state index in [4.69, 9.17) is 9.47 Å². The molecule has 1 aromatic rings. The van der Waals surface area contributed by atoms with Crippen LogP contribution in [0.25, 0.3) is 0 Å². The second kappa shape index (κ2) is 4.22. The first kappa shape index (κ1) is 9.84. The molecule has 2 rings (SSSR count). The Kier molecular flexibility index (Phi) is 2.96. The van der Waals surface area contributed by atoms with Crippen molar-refractivity contribution in [1.29, 1.82) is 0 Å². The van der Waals surface area contributed by atoms with Gasteiger partial charge >= 0.3 is 0 Å². The van der Waals surface area contributed by atoms with Crippen LogP contribution >= 0.6 is 11.3 Å². The van der Waals surface area contributed by atoms with Gasteiger partial charge in [0, 0.05) is 5.38 Å². The second-order valence-electron chi connectivity index (χ2n) is 3.77. The molecule has 1 aliphatic heterocycles. The summed E-state index contributed by atoms with van der Waals surface area (Å²) in [7, 11) is 0. The van der Waals surface area contributed by atoms with Crippen LogP contribution in [0.3, 0.4) is 0 Å². The zero-order valence-corrected chi connectivity index (χ0v) is 9.52. The van der Waals surface area contributed by atoms with Crippen molar-refractivity contribution in [2.45, 2.75) is 26.7 Å². The van der Waals surface area contributed by atoms with E-state index in [2.05, 4.69) is 19.2 Å². The minimum absolute atomic E-state index is 0.687. The number of fused-ring (bicyclic) bond motifs is 1. The Balaban J connectivity index is 2.14. The van der Waals surface area contributed by atoms with E-state index < -0.39 is 0 Å². The molecule has 1 aromatic heterocycles. The largest absolute Gasteiger partial charge is 0.485 e. The number of ether oxygens (including phenoxy) is 2. The lowest BCUT2D eigenvalue weighted by atomic mass is 10.0. The number of hydrogen-bond acceptors (Lipinski definition) is 3. The smallest absolute Gasteiger partial charge is 0.175 e. The topological polar surface area (TPSA) is 18.5 Å². The van der Waals surface area contributed by atoms with Gasteiger partial charge in [-0.1, -0.05) is 20.3 Å². The summed E-state index contributed by atoms with van der Waals surface area (Å²) in [6, 6.07) is 0. The third-order valence-corrected chi connectivity index (χ3v) is 3.57. The summed E-state index contributed by atoms with van der Waals surface area (Å²) in [6.45, 7) is 5.88. The van der Waals surface area contributed by atoms with Gasteiger partial charge in [0.1, 0.15) is 13.2 Å². The molecule has 78 valence electrons. The van der Waals surface area contributed by atoms with E-state index in [1.54, 1.807) is 11.3 Å². The second-order valence-corrected chi connectivity index (χ2v) is 4.73. The molecule has 0 N–H and O–H groups in total. The SMILES string of the molecule is CCC(C)Cc1scc2c1OCCO2. The Morgan fingerprint density at radius 2 is 2.21 bits per heavy atom. The normalized spacial score (nSPS) is 16.7. The van der Waals surface area contributed by atoms with E-state index in [1.807, 2.05) is 0 Å². The van der Waals surface area contributed by atoms with Gasteiger partial charge in [-0.2, -0.15) is 0 Å². The van der Waals surface area contributed by atoms with Crippen LogP contribution in [0.1, 0.15) is 25.1 Å². The molecule has 2 heterocycles. The highest BCUT2D eigenvalue weighted by molar-refractivity contribution is 7.10. The van der Waals surface area contributed by atoms with Crippen molar-refractivity contribution >= 4 is 11.3 Å². The Hall–Kier alpha value is -0.700. The summed E-state index contributed by atoms with van der Waals surface area (Å²) >= 11 is 1.76. The van der Waals surface area contributed by atoms with E-state index in [9.17, 15) is 0 Å². The van der Waals surface area contributed by atoms with Crippen LogP contribution in [0, 0.1) is 5.92 Å². The third-order valence-electron chi connectivity index (χ3n) is 2.60. The minimum atomic E-state index is 0.687. The van der Waals surface area contributed by atoms with Crippen LogP contribution in [0.4, 0.5) is 0 Å². The zero-order valence-electron chi connectivity index (χ0n) is 8.71. The summed E-state index contributed by atoms with van der Waals surface area (Å²) in [5.74, 6) is 2.67. The van der Waals surface area contributed by atoms with Crippen LogP contribution in [0.2, 0.25) is 0 Å². The Morgan fingerprint density at radius 1 is 1.43 bits per heavy atom. The van der Waals surface area contributed by atoms with Crippen molar-refractivity contribution < 1.29 is 9.47 Å². The van der Waals surface area contributed by atoms with Gasteiger partial charge < -0.3 is 9.47 Å². The fourth-order valence-electron chi connectivity index (χ4n) is 1.52. The van der Waals surface area contributed by atoms with Crippen LogP contribution < -0.4 is 9.47 Å². The molecule has 0 saturated carbocycles. The Bertz CT molecular complexity index is 306. The molecule has 0 fully saturated rings. The first-order valence-electron chi connectivity index (χ1n) is 5.17. The van der Waals surface area contributed by atoms with Crippen molar-refractivity contribution in [2.75, 3.05) is 13.2 Å². The summed E-state index contributed by atoms with van der Waals surface area (Å²) < 4.78 is 11.1. The molecule has 0 spiro atoms. The number of thiophene rings is 1. The van der Waals surface area contributed by atoms with Crippen molar-refractivity contribution in [1.82, 2.24) is 0 Å². The van der Waals surface area contributed by atoms with Crippen LogP contribution in [0.5, 0.6) is 11.5 Å². The van der Waals surface area contributed by atoms with Crippen LogP contribution in [-0.4, -0.2) is 13.2 Å². The Morgan fingerprint density at radius 3 is 3.00 bits per heavy atom. The van der Waals surface area contributed by atoms with Gasteiger partial charge in [0.2, 0.25) is 0 Å². The van der Waals surface area contributed by atoms with E-state index in [1.165, 1.54) is 11.3 Å². The molecule has 1 aliphatic rings. The molecule has 3 heteroatoms. The van der Waals surface area contributed by atoms with Gasteiger partial charge in [0.15, 0.2) is 11.5 Å². The van der Waals surface area contributed by atoms with E-state index in [0.29, 0.717) is 13.2 Å². The molecule has 1 atom stereocenters. The highest BCUT2D eigenvalue weighted by Gasteiger charge is 2.19. The van der Waals surface area contributed by atoms with Gasteiger partial charge in [-0.25, -0.2) is 0 Å². The molecule has 0 saturated heterocycles. The molecule has 0 aliphatic carbocycles. The van der Waals surface area contributed by atoms with Gasteiger partial charge in [-0.05, 0) is 12.3 Å². The van der Waals surface area contributed by atoms with Gasteiger partial charge in [-0.15, -0.1) is 11.3 Å². The highest BCUT2D eigenvalue weighted by atomic mass is 32.1. The quantitative estimate of drug-likeness (QED) is 0.766. The van der Waals surface area contributed by atoms with Gasteiger partial charge in [0.25, 0.3) is 0 Å². The van der Waals surface area contributed by atoms with Crippen molar-refractivity contribution in [3.05, 3.63) is 10.3 Å². The third kappa shape index (κ3) is 1.87. The van der Waals surface area contributed by atoms with E-state index >= 15 is 0 Å². The lowest BCUT2D eigenvalue weighted by Gasteiger charge is -2.17. The molecule has 0 bridgehead atoms. The first-order chi connectivity index (χ1) is 6.81. The number of hydrogen-bond donors (Lipinski definition) is 0. The van der Waals surface area contributed by atoms with Crippen LogP contribution in [-0.2, 0) is 6.42 Å². The standard InChI is InChI=1S/C11H16O2S/c1-3-8(2)6-10-11-9(7-14-10)12-4-5-13-11/h7-8H,3-6H2,1-2H3. The maximum Gasteiger partial charge on any atom is 0.175 e. The fourth-order valence-corrected chi connectivity index (χ4v) is 2.59. The van der Waals surface area contributed by atoms with E-state index in [0.717, 1.165) is 23.8 Å². The van der Waals surface area contributed by atoms with Gasteiger partial charge in [0.05, 0.1) is 4.88 Å². The van der Waals surface area contributed by atoms with Crippen molar-refractivity contribution in [3.8, 4) is 11.5 Å². The predicted octanol–water partition coefficient (Wildman–Crippen LogP) is 3.11. The first-order valence-corrected chi connectivity index (χ1v) is 6.05. The average molecular weight is 212 g/mol. The molecular weight excluding hydrogens is 196 g/mol. The van der Waals surface area contributed by atoms with Crippen molar-refractivity contribution in [2.24, 2.45) is 5.92 Å². The highest BCUT2D eigenvalue weighted by Crippen LogP contribution is 2.40. The van der Waals surface area contributed by atoms with Gasteiger partial charge in [-0.3, -0.25) is 0 Å². The van der Waals surface area contributed by atoms with Crippen molar-refractivity contribution in [3.63, 3.8) is 0 Å².